The molecular formula is C12H17BrN2O. The minimum absolute atomic E-state index is 0.286. The monoisotopic (exact) mass is 284 g/mol. The van der Waals surface area contributed by atoms with Gasteiger partial charge in [0.15, 0.2) is 0 Å². The van der Waals surface area contributed by atoms with Crippen molar-refractivity contribution in [3.8, 4) is 0 Å². The Bertz CT molecular complexity index is 370. The van der Waals surface area contributed by atoms with Gasteiger partial charge in [-0.25, -0.2) is 0 Å². The van der Waals surface area contributed by atoms with Crippen molar-refractivity contribution in [2.24, 2.45) is 11.7 Å². The van der Waals surface area contributed by atoms with Gasteiger partial charge in [-0.2, -0.15) is 0 Å². The second-order valence-electron chi connectivity index (χ2n) is 4.31. The van der Waals surface area contributed by atoms with E-state index in [0.29, 0.717) is 12.5 Å². The summed E-state index contributed by atoms with van der Waals surface area (Å²) in [6, 6.07) is 6.28. The summed E-state index contributed by atoms with van der Waals surface area (Å²) in [6.07, 6.45) is 1.07. The van der Waals surface area contributed by atoms with Gasteiger partial charge in [-0.3, -0.25) is 0 Å². The fourth-order valence-electron chi connectivity index (χ4n) is 2.15. The zero-order valence-electron chi connectivity index (χ0n) is 9.19. The van der Waals surface area contributed by atoms with E-state index >= 15 is 0 Å². The number of hydrogen-bond donors (Lipinski definition) is 2. The lowest BCUT2D eigenvalue weighted by molar-refractivity contribution is 0.238. The first-order valence-electron chi connectivity index (χ1n) is 5.58. The van der Waals surface area contributed by atoms with Crippen LogP contribution >= 0.6 is 15.9 Å². The summed E-state index contributed by atoms with van der Waals surface area (Å²) in [7, 11) is 0. The number of benzene rings is 1. The van der Waals surface area contributed by atoms with E-state index in [1.807, 2.05) is 6.07 Å². The Balaban J connectivity index is 2.17. The molecule has 0 aliphatic carbocycles. The molecule has 2 rings (SSSR count). The molecule has 1 aliphatic rings. The van der Waals surface area contributed by atoms with E-state index < -0.39 is 0 Å². The second kappa shape index (κ2) is 5.17. The maximum absolute atomic E-state index is 9.13. The van der Waals surface area contributed by atoms with Gasteiger partial charge >= 0.3 is 0 Å². The number of anilines is 1. The molecule has 1 aromatic carbocycles. The Hall–Kier alpha value is -0.580. The van der Waals surface area contributed by atoms with Crippen LogP contribution in [0.2, 0.25) is 0 Å². The summed E-state index contributed by atoms with van der Waals surface area (Å²) in [4.78, 5) is 2.31. The maximum atomic E-state index is 9.13. The van der Waals surface area contributed by atoms with Gasteiger partial charge in [-0.15, -0.1) is 0 Å². The Labute approximate surface area is 104 Å². The van der Waals surface area contributed by atoms with Gasteiger partial charge < -0.3 is 15.7 Å². The van der Waals surface area contributed by atoms with Crippen molar-refractivity contribution in [3.05, 3.63) is 28.2 Å². The van der Waals surface area contributed by atoms with E-state index in [1.165, 1.54) is 5.69 Å². The molecule has 3 nitrogen and oxygen atoms in total. The SMILES string of the molecule is NCc1cc(Br)cc(N2CCC(CO)C2)c1. The van der Waals surface area contributed by atoms with E-state index in [1.54, 1.807) is 0 Å². The fraction of sp³-hybridized carbons (Fsp3) is 0.500. The van der Waals surface area contributed by atoms with Crippen molar-refractivity contribution in [2.45, 2.75) is 13.0 Å². The summed E-state index contributed by atoms with van der Waals surface area (Å²) in [5.74, 6) is 0.417. The summed E-state index contributed by atoms with van der Waals surface area (Å²) in [5.41, 5.74) is 8.00. The van der Waals surface area contributed by atoms with E-state index in [0.717, 1.165) is 29.5 Å². The maximum Gasteiger partial charge on any atom is 0.0476 e. The zero-order chi connectivity index (χ0) is 11.5. The molecule has 0 saturated carbocycles. The summed E-state index contributed by atoms with van der Waals surface area (Å²) < 4.78 is 1.07. The predicted octanol–water partition coefficient (Wildman–Crippen LogP) is 1.73. The van der Waals surface area contributed by atoms with E-state index in [-0.39, 0.29) is 6.61 Å². The number of aliphatic hydroxyl groups is 1. The highest BCUT2D eigenvalue weighted by molar-refractivity contribution is 9.10. The number of rotatable bonds is 3. The molecule has 0 radical (unpaired) electrons. The van der Waals surface area contributed by atoms with Gasteiger partial charge in [-0.1, -0.05) is 15.9 Å². The highest BCUT2D eigenvalue weighted by atomic mass is 79.9. The van der Waals surface area contributed by atoms with Crippen LogP contribution in [0.5, 0.6) is 0 Å². The molecule has 1 unspecified atom stereocenters. The summed E-state index contributed by atoms with van der Waals surface area (Å²) in [5, 5.41) is 9.13. The molecule has 0 spiro atoms. The van der Waals surface area contributed by atoms with Crippen LogP contribution in [0.4, 0.5) is 5.69 Å². The van der Waals surface area contributed by atoms with Crippen LogP contribution in [0.25, 0.3) is 0 Å². The second-order valence-corrected chi connectivity index (χ2v) is 5.22. The molecule has 0 aromatic heterocycles. The Morgan fingerprint density at radius 1 is 1.44 bits per heavy atom. The lowest BCUT2D eigenvalue weighted by Gasteiger charge is -2.19. The third kappa shape index (κ3) is 2.56. The normalized spacial score (nSPS) is 20.4. The molecule has 0 amide bonds. The van der Waals surface area contributed by atoms with Crippen molar-refractivity contribution in [3.63, 3.8) is 0 Å². The largest absolute Gasteiger partial charge is 0.396 e. The van der Waals surface area contributed by atoms with E-state index in [4.69, 9.17) is 10.8 Å². The van der Waals surface area contributed by atoms with Crippen LogP contribution in [0.3, 0.4) is 0 Å². The number of halogens is 1. The quantitative estimate of drug-likeness (QED) is 0.889. The van der Waals surface area contributed by atoms with Gasteiger partial charge in [0.25, 0.3) is 0 Å². The molecule has 1 aliphatic heterocycles. The van der Waals surface area contributed by atoms with Crippen LogP contribution < -0.4 is 10.6 Å². The molecule has 1 aromatic rings. The van der Waals surface area contributed by atoms with Crippen LogP contribution in [0.1, 0.15) is 12.0 Å². The molecule has 4 heteroatoms. The van der Waals surface area contributed by atoms with Crippen LogP contribution in [-0.2, 0) is 6.54 Å². The lowest BCUT2D eigenvalue weighted by Crippen LogP contribution is -2.20. The number of nitrogens with zero attached hydrogens (tertiary/aromatic N) is 1. The van der Waals surface area contributed by atoms with Crippen molar-refractivity contribution >= 4 is 21.6 Å². The predicted molar refractivity (Wildman–Crippen MR) is 69.4 cm³/mol. The van der Waals surface area contributed by atoms with Gasteiger partial charge in [-0.05, 0) is 30.2 Å². The number of aliphatic hydroxyl groups excluding tert-OH is 1. The van der Waals surface area contributed by atoms with Crippen LogP contribution in [0.15, 0.2) is 22.7 Å². The molecule has 88 valence electrons. The van der Waals surface area contributed by atoms with Crippen molar-refractivity contribution in [1.29, 1.82) is 0 Å². The highest BCUT2D eigenvalue weighted by Crippen LogP contribution is 2.27. The number of hydrogen-bond acceptors (Lipinski definition) is 3. The minimum atomic E-state index is 0.286. The molecular weight excluding hydrogens is 268 g/mol. The van der Waals surface area contributed by atoms with Gasteiger partial charge in [0.1, 0.15) is 0 Å². The average Bonchev–Trinajstić information content (AvgIpc) is 2.76. The fourth-order valence-corrected chi connectivity index (χ4v) is 2.68. The molecule has 1 fully saturated rings. The summed E-state index contributed by atoms with van der Waals surface area (Å²) >= 11 is 3.50. The molecule has 0 bridgehead atoms. The molecule has 1 saturated heterocycles. The lowest BCUT2D eigenvalue weighted by atomic mass is 10.1. The zero-order valence-corrected chi connectivity index (χ0v) is 10.8. The third-order valence-electron chi connectivity index (χ3n) is 3.09. The Morgan fingerprint density at radius 3 is 2.88 bits per heavy atom. The Kier molecular flexibility index (Phi) is 3.84. The molecule has 1 atom stereocenters. The standard InChI is InChI=1S/C12H17BrN2O/c13-11-3-10(6-14)4-12(5-11)15-2-1-9(7-15)8-16/h3-5,9,16H,1-2,6-8,14H2. The van der Waals surface area contributed by atoms with Crippen molar-refractivity contribution in [2.75, 3.05) is 24.6 Å². The smallest absolute Gasteiger partial charge is 0.0476 e. The van der Waals surface area contributed by atoms with Gasteiger partial charge in [0.2, 0.25) is 0 Å². The molecule has 3 N–H and O–H groups in total. The van der Waals surface area contributed by atoms with Gasteiger partial charge in [0.05, 0.1) is 0 Å². The third-order valence-corrected chi connectivity index (χ3v) is 3.55. The van der Waals surface area contributed by atoms with Gasteiger partial charge in [0, 0.05) is 42.3 Å². The first-order valence-corrected chi connectivity index (χ1v) is 6.37. The van der Waals surface area contributed by atoms with Crippen LogP contribution in [-0.4, -0.2) is 24.8 Å². The van der Waals surface area contributed by atoms with E-state index in [9.17, 15) is 0 Å². The molecule has 1 heterocycles. The summed E-state index contributed by atoms with van der Waals surface area (Å²) in [6.45, 7) is 2.81. The first-order chi connectivity index (χ1) is 7.72. The van der Waals surface area contributed by atoms with Crippen molar-refractivity contribution < 1.29 is 5.11 Å². The highest BCUT2D eigenvalue weighted by Gasteiger charge is 2.22. The van der Waals surface area contributed by atoms with E-state index in [2.05, 4.69) is 33.0 Å². The minimum Gasteiger partial charge on any atom is -0.396 e. The first kappa shape index (κ1) is 11.9. The Morgan fingerprint density at radius 2 is 2.25 bits per heavy atom. The van der Waals surface area contributed by atoms with Crippen molar-refractivity contribution in [1.82, 2.24) is 0 Å². The number of nitrogens with two attached hydrogens (primary N) is 1. The average molecular weight is 285 g/mol. The van der Waals surface area contributed by atoms with Crippen LogP contribution in [0, 0.1) is 5.92 Å². The molecule has 16 heavy (non-hydrogen) atoms. The topological polar surface area (TPSA) is 49.5 Å².